The van der Waals surface area contributed by atoms with Gasteiger partial charge in [0.1, 0.15) is 59.7 Å². The zero-order chi connectivity index (χ0) is 70.3. The van der Waals surface area contributed by atoms with Gasteiger partial charge in [-0.1, -0.05) is 92.7 Å². The summed E-state index contributed by atoms with van der Waals surface area (Å²) in [7, 11) is 0. The minimum atomic E-state index is -1.80. The summed E-state index contributed by atoms with van der Waals surface area (Å²) >= 11 is 0. The van der Waals surface area contributed by atoms with Gasteiger partial charge in [0.15, 0.2) is 5.96 Å². The number of alkyl carbamates (subject to hydrolysis) is 1. The second-order valence-electron chi connectivity index (χ2n) is 25.2. The van der Waals surface area contributed by atoms with E-state index in [9.17, 15) is 48.6 Å². The molecular weight excluding hydrogens is 1250 g/mol. The van der Waals surface area contributed by atoms with Crippen molar-refractivity contribution in [1.29, 1.82) is 0 Å². The molecule has 3 heterocycles. The summed E-state index contributed by atoms with van der Waals surface area (Å²) in [4.78, 5) is 153. The Morgan fingerprint density at radius 2 is 1.12 bits per heavy atom. The molecule has 8 atom stereocenters. The number of aliphatic hydroxyl groups excluding tert-OH is 1. The van der Waals surface area contributed by atoms with E-state index in [4.69, 9.17) is 26.7 Å². The van der Waals surface area contributed by atoms with Crippen LogP contribution in [0.25, 0.3) is 21.8 Å². The number of para-hydroxylation sites is 2. The number of phenolic OH excluding ortho intramolecular Hbond substituents is 1. The highest BCUT2D eigenvalue weighted by Crippen LogP contribution is 2.24. The van der Waals surface area contributed by atoms with E-state index < -0.39 is 126 Å². The molecule has 97 heavy (non-hydrogen) atoms. The molecule has 29 heteroatoms. The third-order valence-corrected chi connectivity index (χ3v) is 15.9. The number of carbonyl (C=O) groups excluding carboxylic acids is 10. The van der Waals surface area contributed by atoms with Crippen LogP contribution in [0.5, 0.6) is 5.75 Å². The van der Waals surface area contributed by atoms with E-state index in [1.54, 1.807) is 83.4 Å². The fourth-order valence-electron chi connectivity index (χ4n) is 11.1. The summed E-state index contributed by atoms with van der Waals surface area (Å²) in [5.41, 5.74) is 19.2. The number of nitrogens with two attached hydrogens (primary N) is 3. The van der Waals surface area contributed by atoms with Gasteiger partial charge in [0.05, 0.1) is 26.4 Å². The predicted octanol–water partition coefficient (Wildman–Crippen LogP) is 1.09. The maximum atomic E-state index is 15.1. The van der Waals surface area contributed by atoms with E-state index in [1.807, 2.05) is 42.5 Å². The molecule has 520 valence electrons. The van der Waals surface area contributed by atoms with Crippen molar-refractivity contribution in [3.05, 3.63) is 138 Å². The first-order valence-corrected chi connectivity index (χ1v) is 32.1. The summed E-state index contributed by atoms with van der Waals surface area (Å²) in [6.45, 7) is 6.95. The third-order valence-electron chi connectivity index (χ3n) is 15.9. The van der Waals surface area contributed by atoms with Crippen molar-refractivity contribution in [3.8, 4) is 5.75 Å². The van der Waals surface area contributed by atoms with Crippen LogP contribution in [0.4, 0.5) is 4.79 Å². The molecule has 2 aromatic heterocycles. The lowest BCUT2D eigenvalue weighted by Gasteiger charge is -2.30. The number of primary amides is 1. The first-order valence-electron chi connectivity index (χ1n) is 32.1. The number of nitrogens with zero attached hydrogens (tertiary/aromatic N) is 2. The zero-order valence-electron chi connectivity index (χ0n) is 55.0. The highest BCUT2D eigenvalue weighted by molar-refractivity contribution is 5.99. The van der Waals surface area contributed by atoms with Crippen LogP contribution >= 0.6 is 0 Å². The molecule has 0 aliphatic carbocycles. The molecule has 4 aromatic carbocycles. The predicted molar refractivity (Wildman–Crippen MR) is 360 cm³/mol. The Labute approximate surface area is 560 Å². The minimum absolute atomic E-state index is 0.00650. The van der Waals surface area contributed by atoms with E-state index in [0.717, 1.165) is 5.56 Å². The van der Waals surface area contributed by atoms with Crippen LogP contribution in [0.3, 0.4) is 0 Å². The average molecular weight is 1340 g/mol. The van der Waals surface area contributed by atoms with Crippen molar-refractivity contribution in [2.75, 3.05) is 32.8 Å². The highest BCUT2D eigenvalue weighted by atomic mass is 16.6. The van der Waals surface area contributed by atoms with Crippen LogP contribution in [0.1, 0.15) is 89.0 Å². The quantitative estimate of drug-likeness (QED) is 0.0153. The van der Waals surface area contributed by atoms with Crippen molar-refractivity contribution in [2.24, 2.45) is 28.1 Å². The number of aliphatic imine (C=N–C) groups is 1. The lowest BCUT2D eigenvalue weighted by molar-refractivity contribution is -0.142. The van der Waals surface area contributed by atoms with Gasteiger partial charge in [-0.25, -0.2) is 4.79 Å². The molecule has 29 nitrogen and oxygen atoms in total. The van der Waals surface area contributed by atoms with E-state index in [0.29, 0.717) is 44.9 Å². The molecule has 1 aliphatic rings. The lowest BCUT2D eigenvalue weighted by Crippen LogP contribution is -2.61. The van der Waals surface area contributed by atoms with Gasteiger partial charge in [0.2, 0.25) is 53.2 Å². The third kappa shape index (κ3) is 22.5. The number of aliphatic hydroxyl groups is 1. The summed E-state index contributed by atoms with van der Waals surface area (Å²) in [5.74, 6) is -8.06. The lowest BCUT2D eigenvalue weighted by atomic mass is 9.99. The van der Waals surface area contributed by atoms with Gasteiger partial charge in [-0.05, 0) is 105 Å². The van der Waals surface area contributed by atoms with Gasteiger partial charge in [-0.3, -0.25) is 48.1 Å². The molecule has 6 aromatic rings. The van der Waals surface area contributed by atoms with Crippen LogP contribution in [0, 0.1) is 5.92 Å². The van der Waals surface area contributed by atoms with E-state index in [-0.39, 0.29) is 88.9 Å². The summed E-state index contributed by atoms with van der Waals surface area (Å²) in [6.07, 6.45) is 2.61. The summed E-state index contributed by atoms with van der Waals surface area (Å²) in [5, 5.41) is 43.9. The van der Waals surface area contributed by atoms with Gasteiger partial charge in [-0.2, -0.15) is 0 Å². The fraction of sp³-hybridized carbons (Fsp3) is 0.426. The summed E-state index contributed by atoms with van der Waals surface area (Å²) in [6, 6.07) is 17.7. The Morgan fingerprint density at radius 3 is 1.67 bits per heavy atom. The van der Waals surface area contributed by atoms with Gasteiger partial charge in [0.25, 0.3) is 0 Å². The van der Waals surface area contributed by atoms with Crippen molar-refractivity contribution in [1.82, 2.24) is 57.4 Å². The molecule has 0 spiro atoms. The Kier molecular flexibility index (Phi) is 26.9. The number of benzene rings is 4. The van der Waals surface area contributed by atoms with Crippen LogP contribution in [0.15, 0.2) is 121 Å². The number of aromatic hydroxyl groups is 1. The Bertz CT molecular complexity index is 3730. The Morgan fingerprint density at radius 1 is 0.619 bits per heavy atom. The van der Waals surface area contributed by atoms with Crippen LogP contribution < -0.4 is 59.7 Å². The maximum absolute atomic E-state index is 15.1. The minimum Gasteiger partial charge on any atom is -0.508 e. The molecule has 0 bridgehead atoms. The molecule has 0 unspecified atom stereocenters. The van der Waals surface area contributed by atoms with E-state index >= 15 is 9.59 Å². The largest absolute Gasteiger partial charge is 0.508 e. The Balaban J connectivity index is 1.16. The number of H-pyrrole nitrogens is 2. The van der Waals surface area contributed by atoms with E-state index in [1.165, 1.54) is 29.2 Å². The number of rotatable bonds is 34. The number of nitrogens with one attached hydrogen (secondary N) is 10. The number of phenols is 1. The molecule has 0 radical (unpaired) electrons. The molecule has 1 fully saturated rings. The van der Waals surface area contributed by atoms with Crippen LogP contribution in [0.2, 0.25) is 0 Å². The molecule has 0 saturated carbocycles. The number of amides is 10. The van der Waals surface area contributed by atoms with Gasteiger partial charge >= 0.3 is 6.09 Å². The van der Waals surface area contributed by atoms with Crippen molar-refractivity contribution in [2.45, 2.75) is 147 Å². The summed E-state index contributed by atoms with van der Waals surface area (Å²) < 4.78 is 11.4. The number of hydrogen-bond acceptors (Lipinski definition) is 15. The molecule has 10 amide bonds. The number of hydrogen-bond donors (Lipinski definition) is 15. The van der Waals surface area contributed by atoms with Crippen molar-refractivity contribution >= 4 is 87.0 Å². The van der Waals surface area contributed by atoms with Gasteiger partial charge in [-0.15, -0.1) is 0 Å². The maximum Gasteiger partial charge on any atom is 0.408 e. The SMILES string of the molecule is CC(C)C[C@H](NC(=O)[C@@H](Cc1c[nH]c2ccccc12)NC(=O)[C@H](Cc1ccc(O)cc1)NC(=O)[C@H](CO)NC(=O)[C@H](Cc1c[nH]c2ccccc12)NC(=O)[C@H](COCc1ccccc1)NC(=O)OC(C)(C)C)C(=O)N[C@@H](CCCN=C(N)N)C(=O)N1CCC[C@H]1C(=O)NCC(N)=O. The number of aromatic nitrogens is 2. The van der Waals surface area contributed by atoms with Crippen molar-refractivity contribution in [3.63, 3.8) is 0 Å². The standard InChI is InChI=1S/C68H89N15O14/c1-39(2)29-50(58(87)76-49(21-13-27-72-66(70)71)65(94)83-28-14-22-56(83)64(93)75-35-57(69)86)77-60(89)52(31-42-33-73-47-19-11-9-17-45(42)47)79-59(88)51(30-40-23-25-44(85)26-24-40)78-62(91)54(36-84)81-61(90)53(32-43-34-74-48-20-12-10-18-46(43)48)80-63(92)55(82-67(95)97-68(3,4)5)38-96-37-41-15-7-6-8-16-41/h6-12,15-20,23-26,33-34,39,49-56,73-74,84-85H,13-14,21-22,27-32,35-38H2,1-5H3,(H2,69,86)(H,75,93)(H,76,87)(H,77,89)(H,78,91)(H,79,88)(H,80,92)(H,81,90)(H,82,95)(H4,70,71,72)/t49-,50-,51-,52+,53-,54-,55-,56-/m0/s1. The number of likely N-dealkylation sites (tertiary alicyclic amines) is 1. The first kappa shape index (κ1) is 73.9. The van der Waals surface area contributed by atoms with Gasteiger partial charge in [0, 0.05) is 66.6 Å². The monoisotopic (exact) mass is 1340 g/mol. The Hall–Kier alpha value is -10.5. The fourth-order valence-corrected chi connectivity index (χ4v) is 11.1. The highest BCUT2D eigenvalue weighted by Gasteiger charge is 2.40. The topological polar surface area (TPSA) is 451 Å². The molecule has 18 N–H and O–H groups in total. The second-order valence-corrected chi connectivity index (χ2v) is 25.2. The molecule has 1 saturated heterocycles. The number of ether oxygens (including phenoxy) is 2. The number of aromatic amines is 2. The zero-order valence-corrected chi connectivity index (χ0v) is 55.0. The number of guanidine groups is 1. The van der Waals surface area contributed by atoms with Crippen molar-refractivity contribution < 1.29 is 67.6 Å². The molecule has 7 rings (SSSR count). The van der Waals surface area contributed by atoms with Crippen LogP contribution in [-0.4, -0.2) is 177 Å². The smallest absolute Gasteiger partial charge is 0.408 e. The van der Waals surface area contributed by atoms with Crippen LogP contribution in [-0.2, 0) is 78.5 Å². The average Bonchev–Trinajstić information content (AvgIpc) is 1.75. The first-order chi connectivity index (χ1) is 46.2. The normalized spacial score (nSPS) is 15.1. The van der Waals surface area contributed by atoms with Gasteiger partial charge < -0.3 is 94.3 Å². The van der Waals surface area contributed by atoms with E-state index in [2.05, 4.69) is 57.5 Å². The molecule has 1 aliphatic heterocycles. The molecular formula is C68H89N15O14. The number of fused-ring (bicyclic) bond motifs is 2. The second kappa shape index (κ2) is 35.3. The number of carbonyl (C=O) groups is 10.